The van der Waals surface area contributed by atoms with Gasteiger partial charge in [0, 0.05) is 55.1 Å². The third-order valence-electron chi connectivity index (χ3n) is 14.3. The molecule has 2 nitrogen and oxygen atoms in total. The van der Waals surface area contributed by atoms with Gasteiger partial charge in [-0.3, -0.25) is 0 Å². The predicted molar refractivity (Wildman–Crippen MR) is 252 cm³/mol. The molecule has 58 heavy (non-hydrogen) atoms. The second-order valence-corrected chi connectivity index (χ2v) is 22.7. The first kappa shape index (κ1) is 43.3. The molecule has 0 radical (unpaired) electrons. The lowest BCUT2D eigenvalue weighted by Crippen LogP contribution is -2.31. The van der Waals surface area contributed by atoms with Crippen LogP contribution in [-0.2, 0) is 33.2 Å². The number of phenols is 2. The second-order valence-electron chi connectivity index (χ2n) is 20.3. The summed E-state index contributed by atoms with van der Waals surface area (Å²) >= 11 is 4.18. The Morgan fingerprint density at radius 2 is 0.828 bits per heavy atom. The van der Waals surface area contributed by atoms with Gasteiger partial charge < -0.3 is 10.2 Å². The van der Waals surface area contributed by atoms with Crippen LogP contribution < -0.4 is 0 Å². The highest BCUT2D eigenvalue weighted by Crippen LogP contribution is 2.52. The van der Waals surface area contributed by atoms with Gasteiger partial charge >= 0.3 is 0 Å². The largest absolute Gasteiger partial charge is 0.507 e. The van der Waals surface area contributed by atoms with E-state index in [4.69, 9.17) is 0 Å². The smallest absolute Gasteiger partial charge is 0.123 e. The van der Waals surface area contributed by atoms with E-state index in [0.717, 1.165) is 59.4 Å². The summed E-state index contributed by atoms with van der Waals surface area (Å²) in [5.41, 5.74) is 9.55. The summed E-state index contributed by atoms with van der Waals surface area (Å²) in [4.78, 5) is 0. The zero-order valence-electron chi connectivity index (χ0n) is 36.7. The lowest BCUT2D eigenvalue weighted by atomic mass is 9.64. The van der Waals surface area contributed by atoms with Crippen LogP contribution in [0.15, 0.2) is 84.9 Å². The van der Waals surface area contributed by atoms with Crippen LogP contribution in [0, 0.1) is 0 Å². The van der Waals surface area contributed by atoms with Crippen molar-refractivity contribution in [3.63, 3.8) is 0 Å². The number of thioether (sulfide) groups is 2. The molecule has 4 heteroatoms. The quantitative estimate of drug-likeness (QED) is 0.167. The summed E-state index contributed by atoms with van der Waals surface area (Å²) in [6.45, 7) is 13.9. The summed E-state index contributed by atoms with van der Waals surface area (Å²) in [7, 11) is 0. The van der Waals surface area contributed by atoms with Crippen molar-refractivity contribution in [2.45, 2.75) is 188 Å². The van der Waals surface area contributed by atoms with Gasteiger partial charge in [-0.15, -0.1) is 0 Å². The number of aromatic hydroxyl groups is 2. The lowest BCUT2D eigenvalue weighted by Gasteiger charge is -2.40. The third-order valence-corrected chi connectivity index (χ3v) is 17.4. The normalized spacial score (nSPS) is 21.6. The molecule has 0 spiro atoms. The molecule has 0 heterocycles. The molecule has 2 atom stereocenters. The molecule has 4 aromatic rings. The lowest BCUT2D eigenvalue weighted by molar-refractivity contribution is 0.331. The van der Waals surface area contributed by atoms with E-state index in [-0.39, 0.29) is 21.7 Å². The molecule has 0 saturated heterocycles. The Kier molecular flexibility index (Phi) is 13.8. The minimum Gasteiger partial charge on any atom is -0.507 e. The minimum absolute atomic E-state index is 0.0216. The van der Waals surface area contributed by atoms with E-state index in [9.17, 15) is 10.2 Å². The molecular weight excluding hydrogens is 745 g/mol. The zero-order valence-corrected chi connectivity index (χ0v) is 38.3. The second kappa shape index (κ2) is 18.4. The number of benzene rings is 4. The van der Waals surface area contributed by atoms with Crippen molar-refractivity contribution in [3.05, 3.63) is 129 Å². The molecule has 0 aromatic heterocycles. The van der Waals surface area contributed by atoms with Gasteiger partial charge in [0.25, 0.3) is 0 Å². The number of phenolic OH excluding ortho intramolecular Hbond substituents is 2. The molecular formula is C54H72O2S2. The summed E-state index contributed by atoms with van der Waals surface area (Å²) in [5, 5.41) is 25.8. The van der Waals surface area contributed by atoms with Crippen LogP contribution in [0.25, 0.3) is 0 Å². The molecule has 3 saturated carbocycles. The van der Waals surface area contributed by atoms with Crippen molar-refractivity contribution >= 4 is 23.5 Å². The van der Waals surface area contributed by atoms with Gasteiger partial charge in [0.05, 0.1) is 0 Å². The highest BCUT2D eigenvalue weighted by atomic mass is 32.2. The molecule has 0 amide bonds. The first-order chi connectivity index (χ1) is 27.8. The standard InChI is InChI=1S/C54H72O2S2/c1-51(2,3)43-33-39(49(55)45(35-43)53(29-19-11-20-30-53)41-23-13-9-14-24-41)37-57-47-27-17-7-8-18-28-48(47)58-38-40-34-44(52(4,5)6)36-46(50(40)56)54(31-21-12-22-32-54)42-25-15-10-16-26-42/h9-10,13-16,23-26,33-36,47-48,55-56H,7-8,11-12,17-22,27-32,37-38H2,1-6H3/t47-,48?/m0/s1. The third kappa shape index (κ3) is 9.39. The summed E-state index contributed by atoms with van der Waals surface area (Å²) in [6, 6.07) is 31.6. The van der Waals surface area contributed by atoms with E-state index >= 15 is 0 Å². The minimum atomic E-state index is -0.151. The molecule has 4 aromatic carbocycles. The van der Waals surface area contributed by atoms with Crippen LogP contribution in [0.4, 0.5) is 0 Å². The number of hydrogen-bond donors (Lipinski definition) is 2. The van der Waals surface area contributed by atoms with Crippen molar-refractivity contribution in [1.82, 2.24) is 0 Å². The summed E-state index contributed by atoms with van der Waals surface area (Å²) in [5.74, 6) is 2.72. The predicted octanol–water partition coefficient (Wildman–Crippen LogP) is 15.5. The summed E-state index contributed by atoms with van der Waals surface area (Å²) < 4.78 is 0. The van der Waals surface area contributed by atoms with Gasteiger partial charge in [0.15, 0.2) is 0 Å². The van der Waals surface area contributed by atoms with Gasteiger partial charge in [-0.1, -0.05) is 191 Å². The molecule has 312 valence electrons. The van der Waals surface area contributed by atoms with Crippen molar-refractivity contribution in [2.24, 2.45) is 0 Å². The van der Waals surface area contributed by atoms with E-state index in [1.165, 1.54) is 99.3 Å². The Morgan fingerprint density at radius 1 is 0.483 bits per heavy atom. The SMILES string of the molecule is CC(C)(C)c1cc(CSC2CCCCCC[C@@H]2SCc2cc(C(C)(C)C)cc(C3(c4ccccc4)CCCCC3)c2O)c(O)c(C2(c3ccccc3)CCCCC2)c1. The maximum absolute atomic E-state index is 12.4. The van der Waals surface area contributed by atoms with Crippen LogP contribution in [0.1, 0.15) is 189 Å². The Bertz CT molecular complexity index is 1800. The fourth-order valence-electron chi connectivity index (χ4n) is 10.6. The highest BCUT2D eigenvalue weighted by molar-refractivity contribution is 8.03. The molecule has 3 aliphatic carbocycles. The summed E-state index contributed by atoms with van der Waals surface area (Å²) in [6.07, 6.45) is 19.2. The Hall–Kier alpha value is -2.82. The molecule has 1 unspecified atom stereocenters. The first-order valence-corrected chi connectivity index (χ1v) is 25.0. The van der Waals surface area contributed by atoms with E-state index in [0.29, 0.717) is 22.0 Å². The first-order valence-electron chi connectivity index (χ1n) is 22.9. The maximum Gasteiger partial charge on any atom is 0.123 e. The number of hydrogen-bond acceptors (Lipinski definition) is 4. The Labute approximate surface area is 360 Å². The highest BCUT2D eigenvalue weighted by Gasteiger charge is 2.41. The molecule has 3 fully saturated rings. The van der Waals surface area contributed by atoms with Crippen molar-refractivity contribution < 1.29 is 10.2 Å². The van der Waals surface area contributed by atoms with Gasteiger partial charge in [0.1, 0.15) is 11.5 Å². The van der Waals surface area contributed by atoms with Gasteiger partial charge in [-0.25, -0.2) is 0 Å². The van der Waals surface area contributed by atoms with Crippen LogP contribution in [0.5, 0.6) is 11.5 Å². The average molecular weight is 817 g/mol. The van der Waals surface area contributed by atoms with Crippen LogP contribution in [0.3, 0.4) is 0 Å². The molecule has 0 bridgehead atoms. The topological polar surface area (TPSA) is 40.5 Å². The number of rotatable bonds is 10. The van der Waals surface area contributed by atoms with Crippen LogP contribution in [0.2, 0.25) is 0 Å². The van der Waals surface area contributed by atoms with E-state index in [1.54, 1.807) is 0 Å². The fourth-order valence-corrected chi connectivity index (χ4v) is 13.7. The Morgan fingerprint density at radius 3 is 1.17 bits per heavy atom. The van der Waals surface area contributed by atoms with Crippen LogP contribution in [-0.4, -0.2) is 20.7 Å². The fraction of sp³-hybridized carbons (Fsp3) is 0.556. The average Bonchev–Trinajstić information content (AvgIpc) is 3.21. The molecule has 0 aliphatic heterocycles. The van der Waals surface area contributed by atoms with Crippen molar-refractivity contribution in [2.75, 3.05) is 0 Å². The van der Waals surface area contributed by atoms with E-state index in [1.807, 2.05) is 0 Å². The maximum atomic E-state index is 12.4. The van der Waals surface area contributed by atoms with Gasteiger partial charge in [0.2, 0.25) is 0 Å². The van der Waals surface area contributed by atoms with Crippen LogP contribution >= 0.6 is 23.5 Å². The molecule has 7 rings (SSSR count). The van der Waals surface area contributed by atoms with Gasteiger partial charge in [-0.2, -0.15) is 23.5 Å². The monoisotopic (exact) mass is 816 g/mol. The van der Waals surface area contributed by atoms with Gasteiger partial charge in [-0.05, 0) is 71.6 Å². The van der Waals surface area contributed by atoms with Crippen molar-refractivity contribution in [1.29, 1.82) is 0 Å². The Balaban J connectivity index is 1.20. The van der Waals surface area contributed by atoms with Crippen molar-refractivity contribution in [3.8, 4) is 11.5 Å². The zero-order chi connectivity index (χ0) is 41.0. The van der Waals surface area contributed by atoms with E-state index in [2.05, 4.69) is 150 Å². The molecule has 2 N–H and O–H groups in total. The molecule has 3 aliphatic rings. The van der Waals surface area contributed by atoms with E-state index < -0.39 is 0 Å².